The number of hydrogen-bond acceptors (Lipinski definition) is 3. The van der Waals surface area contributed by atoms with Crippen LogP contribution >= 0.6 is 0 Å². The van der Waals surface area contributed by atoms with Crippen LogP contribution in [0.25, 0.3) is 0 Å². The van der Waals surface area contributed by atoms with Crippen LogP contribution in [0.15, 0.2) is 60.7 Å². The van der Waals surface area contributed by atoms with E-state index in [2.05, 4.69) is 34.1 Å². The van der Waals surface area contributed by atoms with Crippen LogP contribution in [0.3, 0.4) is 0 Å². The van der Waals surface area contributed by atoms with E-state index in [1.54, 1.807) is 6.92 Å². The Labute approximate surface area is 185 Å². The van der Waals surface area contributed by atoms with Crippen molar-refractivity contribution in [2.45, 2.75) is 31.6 Å². The summed E-state index contributed by atoms with van der Waals surface area (Å²) in [5.74, 6) is 0.372. The van der Waals surface area contributed by atoms with Crippen LogP contribution in [0.5, 0.6) is 0 Å². The SMILES string of the molecule is CC(=O)N1CCN(CCC(C(=O)N2CCCC2)(c2ccccc2)c2ccccc2)CC1. The molecule has 2 saturated heterocycles. The summed E-state index contributed by atoms with van der Waals surface area (Å²) < 4.78 is 0. The van der Waals surface area contributed by atoms with Crippen molar-refractivity contribution in [1.82, 2.24) is 14.7 Å². The normalized spacial score (nSPS) is 17.7. The molecule has 5 nitrogen and oxygen atoms in total. The van der Waals surface area contributed by atoms with Crippen molar-refractivity contribution in [3.63, 3.8) is 0 Å². The predicted molar refractivity (Wildman–Crippen MR) is 123 cm³/mol. The maximum atomic E-state index is 14.1. The summed E-state index contributed by atoms with van der Waals surface area (Å²) in [4.78, 5) is 32.2. The fourth-order valence-electron chi connectivity index (χ4n) is 5.06. The van der Waals surface area contributed by atoms with E-state index in [0.717, 1.165) is 76.2 Å². The first-order chi connectivity index (χ1) is 15.1. The number of carbonyl (C=O) groups is 2. The van der Waals surface area contributed by atoms with Crippen LogP contribution in [0.4, 0.5) is 0 Å². The summed E-state index contributed by atoms with van der Waals surface area (Å²) in [6, 6.07) is 20.6. The Balaban J connectivity index is 1.66. The second kappa shape index (κ2) is 9.65. The smallest absolute Gasteiger partial charge is 0.237 e. The van der Waals surface area contributed by atoms with E-state index in [1.165, 1.54) is 0 Å². The molecule has 2 aromatic carbocycles. The first kappa shape index (κ1) is 21.6. The molecule has 2 aromatic rings. The Kier molecular flexibility index (Phi) is 6.71. The highest BCUT2D eigenvalue weighted by Crippen LogP contribution is 2.39. The van der Waals surface area contributed by atoms with Gasteiger partial charge in [0.2, 0.25) is 11.8 Å². The second-order valence-electron chi connectivity index (χ2n) is 8.73. The first-order valence-corrected chi connectivity index (χ1v) is 11.5. The molecular formula is C26H33N3O2. The Bertz CT molecular complexity index is 831. The van der Waals surface area contributed by atoms with Crippen molar-refractivity contribution in [3.05, 3.63) is 71.8 Å². The van der Waals surface area contributed by atoms with Crippen molar-refractivity contribution >= 4 is 11.8 Å². The van der Waals surface area contributed by atoms with Gasteiger partial charge in [-0.25, -0.2) is 0 Å². The van der Waals surface area contributed by atoms with E-state index in [0.29, 0.717) is 0 Å². The minimum atomic E-state index is -0.690. The lowest BCUT2D eigenvalue weighted by atomic mass is 9.70. The second-order valence-corrected chi connectivity index (χ2v) is 8.73. The van der Waals surface area contributed by atoms with Gasteiger partial charge >= 0.3 is 0 Å². The molecule has 2 aliphatic heterocycles. The van der Waals surface area contributed by atoms with Gasteiger partial charge in [-0.2, -0.15) is 0 Å². The summed E-state index contributed by atoms with van der Waals surface area (Å²) in [5, 5.41) is 0. The van der Waals surface area contributed by atoms with Gasteiger partial charge in [-0.05, 0) is 36.9 Å². The molecule has 0 aromatic heterocycles. The highest BCUT2D eigenvalue weighted by Gasteiger charge is 2.45. The summed E-state index contributed by atoms with van der Waals surface area (Å²) in [7, 11) is 0. The van der Waals surface area contributed by atoms with Crippen molar-refractivity contribution in [1.29, 1.82) is 0 Å². The molecule has 164 valence electrons. The lowest BCUT2D eigenvalue weighted by molar-refractivity contribution is -0.135. The van der Waals surface area contributed by atoms with Crippen LogP contribution in [-0.2, 0) is 15.0 Å². The van der Waals surface area contributed by atoms with Gasteiger partial charge in [0.05, 0.1) is 0 Å². The first-order valence-electron chi connectivity index (χ1n) is 11.5. The molecule has 0 spiro atoms. The van der Waals surface area contributed by atoms with Gasteiger partial charge in [-0.15, -0.1) is 0 Å². The molecule has 0 unspecified atom stereocenters. The summed E-state index contributed by atoms with van der Waals surface area (Å²) in [6.07, 6.45) is 2.90. The van der Waals surface area contributed by atoms with Crippen molar-refractivity contribution in [2.75, 3.05) is 45.8 Å². The van der Waals surface area contributed by atoms with Crippen LogP contribution in [0.1, 0.15) is 37.3 Å². The van der Waals surface area contributed by atoms with E-state index in [9.17, 15) is 9.59 Å². The molecule has 2 amide bonds. The third kappa shape index (κ3) is 4.52. The molecular weight excluding hydrogens is 386 g/mol. The van der Waals surface area contributed by atoms with Gasteiger partial charge in [0.1, 0.15) is 5.41 Å². The fraction of sp³-hybridized carbons (Fsp3) is 0.462. The standard InChI is InChI=1S/C26H33N3O2/c1-22(30)28-20-18-27(19-21-28)17-14-26(23-10-4-2-5-11-23,24-12-6-3-7-13-24)25(31)29-15-8-9-16-29/h2-7,10-13H,8-9,14-21H2,1H3. The van der Waals surface area contributed by atoms with E-state index in [1.807, 2.05) is 41.3 Å². The Morgan fingerprint density at radius 2 is 1.26 bits per heavy atom. The minimum Gasteiger partial charge on any atom is -0.342 e. The monoisotopic (exact) mass is 419 g/mol. The number of benzene rings is 2. The highest BCUT2D eigenvalue weighted by molar-refractivity contribution is 5.92. The molecule has 4 rings (SSSR count). The van der Waals surface area contributed by atoms with E-state index in [-0.39, 0.29) is 11.8 Å². The highest BCUT2D eigenvalue weighted by atomic mass is 16.2. The quantitative estimate of drug-likeness (QED) is 0.723. The van der Waals surface area contributed by atoms with Gasteiger partial charge < -0.3 is 9.80 Å². The van der Waals surface area contributed by atoms with Crippen molar-refractivity contribution in [2.24, 2.45) is 0 Å². The summed E-state index contributed by atoms with van der Waals surface area (Å²) in [5.41, 5.74) is 1.45. The summed E-state index contributed by atoms with van der Waals surface area (Å²) in [6.45, 7) is 7.40. The lowest BCUT2D eigenvalue weighted by Gasteiger charge is -2.40. The molecule has 0 bridgehead atoms. The number of rotatable bonds is 6. The lowest BCUT2D eigenvalue weighted by Crippen LogP contribution is -2.51. The average molecular weight is 420 g/mol. The molecule has 0 atom stereocenters. The van der Waals surface area contributed by atoms with E-state index < -0.39 is 5.41 Å². The maximum absolute atomic E-state index is 14.1. The zero-order valence-electron chi connectivity index (χ0n) is 18.5. The van der Waals surface area contributed by atoms with Crippen LogP contribution in [-0.4, -0.2) is 72.3 Å². The topological polar surface area (TPSA) is 43.9 Å². The number of amides is 2. The zero-order valence-corrected chi connectivity index (χ0v) is 18.5. The van der Waals surface area contributed by atoms with Gasteiger partial charge in [-0.1, -0.05) is 60.7 Å². The molecule has 5 heteroatoms. The van der Waals surface area contributed by atoms with Gasteiger partial charge in [0, 0.05) is 46.2 Å². The maximum Gasteiger partial charge on any atom is 0.237 e. The van der Waals surface area contributed by atoms with Crippen LogP contribution < -0.4 is 0 Å². The van der Waals surface area contributed by atoms with Crippen molar-refractivity contribution < 1.29 is 9.59 Å². The largest absolute Gasteiger partial charge is 0.342 e. The van der Waals surface area contributed by atoms with Gasteiger partial charge in [-0.3, -0.25) is 14.5 Å². The third-order valence-electron chi connectivity index (χ3n) is 6.91. The molecule has 2 heterocycles. The van der Waals surface area contributed by atoms with E-state index >= 15 is 0 Å². The molecule has 0 saturated carbocycles. The number of likely N-dealkylation sites (tertiary alicyclic amines) is 1. The molecule has 2 aliphatic rings. The Morgan fingerprint density at radius 3 is 1.74 bits per heavy atom. The number of hydrogen-bond donors (Lipinski definition) is 0. The predicted octanol–water partition coefficient (Wildman–Crippen LogP) is 3.15. The van der Waals surface area contributed by atoms with E-state index in [4.69, 9.17) is 0 Å². The molecule has 0 N–H and O–H groups in total. The molecule has 0 aliphatic carbocycles. The average Bonchev–Trinajstić information content (AvgIpc) is 3.36. The fourth-order valence-corrected chi connectivity index (χ4v) is 5.06. The van der Waals surface area contributed by atoms with Gasteiger partial charge in [0.25, 0.3) is 0 Å². The number of nitrogens with zero attached hydrogens (tertiary/aromatic N) is 3. The van der Waals surface area contributed by atoms with Crippen molar-refractivity contribution in [3.8, 4) is 0 Å². The summed E-state index contributed by atoms with van der Waals surface area (Å²) >= 11 is 0. The molecule has 31 heavy (non-hydrogen) atoms. The van der Waals surface area contributed by atoms with Crippen LogP contribution in [0.2, 0.25) is 0 Å². The zero-order chi connectivity index (χ0) is 21.7. The third-order valence-corrected chi connectivity index (χ3v) is 6.91. The van der Waals surface area contributed by atoms with Gasteiger partial charge in [0.15, 0.2) is 0 Å². The molecule has 0 radical (unpaired) electrons. The molecule has 2 fully saturated rings. The Hall–Kier alpha value is -2.66. The number of carbonyl (C=O) groups excluding carboxylic acids is 2. The van der Waals surface area contributed by atoms with Crippen LogP contribution in [0, 0.1) is 0 Å². The minimum absolute atomic E-state index is 0.145. The number of piperazine rings is 1. The Morgan fingerprint density at radius 1 is 0.742 bits per heavy atom.